The van der Waals surface area contributed by atoms with Gasteiger partial charge < -0.3 is 9.64 Å². The van der Waals surface area contributed by atoms with Gasteiger partial charge in [-0.3, -0.25) is 4.31 Å². The van der Waals surface area contributed by atoms with E-state index in [-0.39, 0.29) is 4.90 Å². The van der Waals surface area contributed by atoms with Crippen molar-refractivity contribution >= 4 is 33.1 Å². The first-order valence-electron chi connectivity index (χ1n) is 8.56. The van der Waals surface area contributed by atoms with E-state index in [1.165, 1.54) is 17.4 Å². The van der Waals surface area contributed by atoms with E-state index in [0.717, 1.165) is 11.3 Å². The molecule has 0 saturated carbocycles. The number of hydrogen-bond donors (Lipinski definition) is 0. The van der Waals surface area contributed by atoms with Crippen molar-refractivity contribution in [3.05, 3.63) is 77.1 Å². The number of likely N-dealkylation sites (N-methyl/N-ethyl adjacent to an activating group) is 1. The topological polar surface area (TPSA) is 62.2 Å². The first-order chi connectivity index (χ1) is 13.4. The van der Waals surface area contributed by atoms with E-state index in [0.29, 0.717) is 28.8 Å². The highest BCUT2D eigenvalue weighted by molar-refractivity contribution is 7.89. The Labute approximate surface area is 169 Å². The van der Waals surface area contributed by atoms with Gasteiger partial charge in [0.05, 0.1) is 18.5 Å². The fraction of sp³-hybridized carbons (Fsp3) is 0.150. The molecule has 144 valence electrons. The van der Waals surface area contributed by atoms with E-state index < -0.39 is 10.0 Å². The maximum Gasteiger partial charge on any atom is 0.266 e. The Balaban J connectivity index is 1.78. The number of benzene rings is 2. The number of aliphatic imine (C=N–C) groups is 1. The van der Waals surface area contributed by atoms with Crippen LogP contribution in [0.2, 0.25) is 5.02 Å². The van der Waals surface area contributed by atoms with Crippen molar-refractivity contribution in [2.45, 2.75) is 11.4 Å². The maximum atomic E-state index is 13.1. The van der Waals surface area contributed by atoms with Crippen molar-refractivity contribution in [2.24, 2.45) is 4.99 Å². The molecule has 4 rings (SSSR count). The van der Waals surface area contributed by atoms with Gasteiger partial charge in [-0.25, -0.2) is 13.4 Å². The van der Waals surface area contributed by atoms with Gasteiger partial charge in [-0.05, 0) is 48.0 Å². The van der Waals surface area contributed by atoms with E-state index in [1.807, 2.05) is 41.4 Å². The van der Waals surface area contributed by atoms with Gasteiger partial charge in [-0.15, -0.1) is 0 Å². The summed E-state index contributed by atoms with van der Waals surface area (Å²) in [7, 11) is -0.617. The molecule has 28 heavy (non-hydrogen) atoms. The third-order valence-electron chi connectivity index (χ3n) is 4.66. The molecule has 6 nitrogen and oxygen atoms in total. The summed E-state index contributed by atoms with van der Waals surface area (Å²) < 4.78 is 32.6. The van der Waals surface area contributed by atoms with Crippen LogP contribution in [0.4, 0.5) is 5.69 Å². The molecular formula is C20H18ClN3O3S. The van der Waals surface area contributed by atoms with E-state index >= 15 is 0 Å². The predicted octanol–water partition coefficient (Wildman–Crippen LogP) is 3.93. The number of rotatable bonds is 3. The van der Waals surface area contributed by atoms with Crippen molar-refractivity contribution in [3.63, 3.8) is 0 Å². The Kier molecular flexibility index (Phi) is 4.64. The van der Waals surface area contributed by atoms with Crippen LogP contribution in [0.15, 0.2) is 76.4 Å². The minimum absolute atomic E-state index is 0.0923. The van der Waals surface area contributed by atoms with Gasteiger partial charge in [0.2, 0.25) is 0 Å². The first-order valence-corrected chi connectivity index (χ1v) is 10.4. The molecule has 2 aromatic carbocycles. The summed E-state index contributed by atoms with van der Waals surface area (Å²) in [6, 6.07) is 12.4. The van der Waals surface area contributed by atoms with Crippen molar-refractivity contribution in [1.29, 1.82) is 0 Å². The number of allylic oxidation sites excluding steroid dienone is 2. The standard InChI is InChI=1S/C20H18ClN3O3S/c1-23-18-4-3-11-24(13-14-5-8-16(27-2)9-6-14)20(18)22-17-10-7-15(21)12-19(17)28(23,25)26/h3-12H,13H2,1-2H3. The average molecular weight is 416 g/mol. The summed E-state index contributed by atoms with van der Waals surface area (Å²) in [5, 5.41) is 0.350. The lowest BCUT2D eigenvalue weighted by atomic mass is 10.1. The molecule has 0 N–H and O–H groups in total. The second-order valence-electron chi connectivity index (χ2n) is 6.39. The van der Waals surface area contributed by atoms with Crippen molar-refractivity contribution < 1.29 is 13.2 Å². The lowest BCUT2D eigenvalue weighted by Gasteiger charge is -2.29. The van der Waals surface area contributed by atoms with Crippen LogP contribution in [0.5, 0.6) is 5.75 Å². The van der Waals surface area contributed by atoms with E-state index in [2.05, 4.69) is 4.99 Å². The third-order valence-corrected chi connectivity index (χ3v) is 6.69. The zero-order chi connectivity index (χ0) is 19.9. The van der Waals surface area contributed by atoms with Crippen LogP contribution in [0, 0.1) is 0 Å². The third kappa shape index (κ3) is 3.16. The van der Waals surface area contributed by atoms with Crippen LogP contribution in [0.1, 0.15) is 5.56 Å². The number of halogens is 1. The van der Waals surface area contributed by atoms with Crippen LogP contribution >= 0.6 is 11.6 Å². The number of sulfonamides is 1. The molecule has 0 aromatic heterocycles. The van der Waals surface area contributed by atoms with Crippen LogP contribution < -0.4 is 4.74 Å². The molecule has 0 fully saturated rings. The van der Waals surface area contributed by atoms with Crippen molar-refractivity contribution in [1.82, 2.24) is 9.21 Å². The predicted molar refractivity (Wildman–Crippen MR) is 109 cm³/mol. The molecule has 0 bridgehead atoms. The van der Waals surface area contributed by atoms with Crippen molar-refractivity contribution in [3.8, 4) is 5.75 Å². The SMILES string of the molecule is COc1ccc(CN2C=CC=C3C2=Nc2ccc(Cl)cc2S(=O)(=O)N3C)cc1. The van der Waals surface area contributed by atoms with Gasteiger partial charge in [-0.1, -0.05) is 23.7 Å². The molecule has 0 saturated heterocycles. The Morgan fingerprint density at radius 3 is 2.61 bits per heavy atom. The van der Waals surface area contributed by atoms with E-state index in [9.17, 15) is 8.42 Å². The zero-order valence-corrected chi connectivity index (χ0v) is 16.9. The lowest BCUT2D eigenvalue weighted by Crippen LogP contribution is -2.36. The molecule has 8 heteroatoms. The lowest BCUT2D eigenvalue weighted by molar-refractivity contribution is 0.414. The highest BCUT2D eigenvalue weighted by Crippen LogP contribution is 2.36. The Bertz CT molecular complexity index is 1120. The molecule has 0 spiro atoms. The largest absolute Gasteiger partial charge is 0.497 e. The van der Waals surface area contributed by atoms with Crippen molar-refractivity contribution in [2.75, 3.05) is 14.2 Å². The van der Waals surface area contributed by atoms with Crippen LogP contribution in [0.3, 0.4) is 0 Å². The molecule has 2 aromatic rings. The molecule has 0 aliphatic carbocycles. The van der Waals surface area contributed by atoms with E-state index in [1.54, 1.807) is 25.3 Å². The molecule has 0 atom stereocenters. The van der Waals surface area contributed by atoms with Gasteiger partial charge in [-0.2, -0.15) is 0 Å². The maximum absolute atomic E-state index is 13.1. The highest BCUT2D eigenvalue weighted by atomic mass is 35.5. The fourth-order valence-electron chi connectivity index (χ4n) is 3.13. The van der Waals surface area contributed by atoms with Crippen LogP contribution in [-0.2, 0) is 16.6 Å². The van der Waals surface area contributed by atoms with Crippen LogP contribution in [-0.4, -0.2) is 37.6 Å². The molecule has 2 aliphatic heterocycles. The summed E-state index contributed by atoms with van der Waals surface area (Å²) in [5.41, 5.74) is 1.91. The molecule has 2 heterocycles. The minimum Gasteiger partial charge on any atom is -0.497 e. The number of hydrogen-bond acceptors (Lipinski definition) is 5. The zero-order valence-electron chi connectivity index (χ0n) is 15.3. The number of amidine groups is 1. The van der Waals surface area contributed by atoms with Crippen LogP contribution in [0.25, 0.3) is 0 Å². The van der Waals surface area contributed by atoms with Gasteiger partial charge in [0.1, 0.15) is 10.6 Å². The summed E-state index contributed by atoms with van der Waals surface area (Å²) in [5.74, 6) is 1.34. The minimum atomic E-state index is -3.77. The molecule has 0 amide bonds. The summed E-state index contributed by atoms with van der Waals surface area (Å²) in [4.78, 5) is 6.69. The molecule has 0 radical (unpaired) electrons. The smallest absolute Gasteiger partial charge is 0.266 e. The van der Waals surface area contributed by atoms with Gasteiger partial charge in [0.25, 0.3) is 10.0 Å². The summed E-state index contributed by atoms with van der Waals surface area (Å²) >= 11 is 6.04. The van der Waals surface area contributed by atoms with Gasteiger partial charge >= 0.3 is 0 Å². The Morgan fingerprint density at radius 2 is 1.89 bits per heavy atom. The molecule has 2 aliphatic rings. The number of methoxy groups -OCH3 is 1. The number of nitrogens with zero attached hydrogens (tertiary/aromatic N) is 3. The fourth-order valence-corrected chi connectivity index (χ4v) is 4.72. The monoisotopic (exact) mass is 415 g/mol. The quantitative estimate of drug-likeness (QED) is 0.762. The molecule has 0 unspecified atom stereocenters. The number of fused-ring (bicyclic) bond motifs is 2. The van der Waals surface area contributed by atoms with Gasteiger partial charge in [0, 0.05) is 24.8 Å². The highest BCUT2D eigenvalue weighted by Gasteiger charge is 2.34. The Morgan fingerprint density at radius 1 is 1.14 bits per heavy atom. The second kappa shape index (κ2) is 7.00. The molecular weight excluding hydrogens is 398 g/mol. The Hall–Kier alpha value is -2.77. The van der Waals surface area contributed by atoms with Gasteiger partial charge in [0.15, 0.2) is 5.84 Å². The normalized spacial score (nSPS) is 17.2. The first kappa shape index (κ1) is 18.6. The van der Waals surface area contributed by atoms with E-state index in [4.69, 9.17) is 16.3 Å². The number of ether oxygens (including phenoxy) is 1. The summed E-state index contributed by atoms with van der Waals surface area (Å²) in [6.45, 7) is 0.535. The second-order valence-corrected chi connectivity index (χ2v) is 8.76. The summed E-state index contributed by atoms with van der Waals surface area (Å²) in [6.07, 6.45) is 5.44. The average Bonchev–Trinajstić information content (AvgIpc) is 2.77.